The van der Waals surface area contributed by atoms with Crippen LogP contribution in [0.1, 0.15) is 23.2 Å². The summed E-state index contributed by atoms with van der Waals surface area (Å²) in [6.45, 7) is 1.16. The number of para-hydroxylation sites is 2. The second-order valence-electron chi connectivity index (χ2n) is 6.66. The molecule has 4 rings (SSSR count). The van der Waals surface area contributed by atoms with Gasteiger partial charge in [0.1, 0.15) is 6.54 Å². The molecule has 0 unspecified atom stereocenters. The van der Waals surface area contributed by atoms with Crippen LogP contribution >= 0.6 is 11.6 Å². The van der Waals surface area contributed by atoms with Gasteiger partial charge in [-0.1, -0.05) is 23.7 Å². The van der Waals surface area contributed by atoms with Crippen LogP contribution in [0.15, 0.2) is 51.7 Å². The second kappa shape index (κ2) is 7.52. The Morgan fingerprint density at radius 1 is 1.11 bits per heavy atom. The van der Waals surface area contributed by atoms with E-state index in [1.165, 1.54) is 4.57 Å². The second-order valence-corrected chi connectivity index (χ2v) is 7.10. The van der Waals surface area contributed by atoms with Crippen LogP contribution in [0.4, 0.5) is 5.69 Å². The zero-order chi connectivity index (χ0) is 19.7. The molecule has 0 aliphatic carbocycles. The minimum Gasteiger partial charge on any atom is -0.408 e. The summed E-state index contributed by atoms with van der Waals surface area (Å²) in [7, 11) is 0. The first kappa shape index (κ1) is 18.3. The topological polar surface area (TPSA) is 84.5 Å². The van der Waals surface area contributed by atoms with Crippen LogP contribution in [0.2, 0.25) is 5.02 Å². The Morgan fingerprint density at radius 2 is 1.86 bits per heavy atom. The molecule has 7 nitrogen and oxygen atoms in total. The number of oxazole rings is 1. The van der Waals surface area contributed by atoms with Gasteiger partial charge in [0.05, 0.1) is 16.8 Å². The van der Waals surface area contributed by atoms with E-state index in [2.05, 4.69) is 5.32 Å². The molecule has 1 N–H and O–H groups in total. The van der Waals surface area contributed by atoms with Crippen LogP contribution in [0.25, 0.3) is 11.1 Å². The van der Waals surface area contributed by atoms with Crippen molar-refractivity contribution < 1.29 is 14.0 Å². The van der Waals surface area contributed by atoms with Crippen molar-refractivity contribution in [3.63, 3.8) is 0 Å². The SMILES string of the molecule is O=C(Cn1c(=O)oc2ccccc21)Nc1cc(Cl)ccc1C(=O)N1CCCC1. The number of likely N-dealkylation sites (tertiary alicyclic amines) is 1. The summed E-state index contributed by atoms with van der Waals surface area (Å²) < 4.78 is 6.39. The highest BCUT2D eigenvalue weighted by Crippen LogP contribution is 2.24. The fourth-order valence-corrected chi connectivity index (χ4v) is 3.57. The van der Waals surface area contributed by atoms with Gasteiger partial charge in [-0.2, -0.15) is 0 Å². The summed E-state index contributed by atoms with van der Waals surface area (Å²) in [6, 6.07) is 11.6. The zero-order valence-electron chi connectivity index (χ0n) is 15.0. The molecule has 2 aromatic carbocycles. The van der Waals surface area contributed by atoms with Crippen molar-refractivity contribution in [2.24, 2.45) is 0 Å². The lowest BCUT2D eigenvalue weighted by molar-refractivity contribution is -0.116. The van der Waals surface area contributed by atoms with Gasteiger partial charge >= 0.3 is 5.76 Å². The summed E-state index contributed by atoms with van der Waals surface area (Å²) in [6.07, 6.45) is 1.94. The van der Waals surface area contributed by atoms with Crippen molar-refractivity contribution >= 4 is 40.2 Å². The average Bonchev–Trinajstić information content (AvgIpc) is 3.30. The maximum atomic E-state index is 12.8. The van der Waals surface area contributed by atoms with Gasteiger partial charge in [-0.05, 0) is 43.2 Å². The van der Waals surface area contributed by atoms with Gasteiger partial charge in [-0.3, -0.25) is 14.2 Å². The molecule has 2 amide bonds. The predicted molar refractivity (Wildman–Crippen MR) is 106 cm³/mol. The lowest BCUT2D eigenvalue weighted by Gasteiger charge is -2.18. The number of rotatable bonds is 4. The number of fused-ring (bicyclic) bond motifs is 1. The fourth-order valence-electron chi connectivity index (χ4n) is 3.39. The van der Waals surface area contributed by atoms with Crippen LogP contribution < -0.4 is 11.1 Å². The van der Waals surface area contributed by atoms with Crippen molar-refractivity contribution in [2.45, 2.75) is 19.4 Å². The van der Waals surface area contributed by atoms with E-state index in [1.54, 1.807) is 47.4 Å². The average molecular weight is 400 g/mol. The molecule has 1 saturated heterocycles. The summed E-state index contributed by atoms with van der Waals surface area (Å²) >= 11 is 6.06. The maximum Gasteiger partial charge on any atom is 0.420 e. The van der Waals surface area contributed by atoms with Gasteiger partial charge in [0.25, 0.3) is 5.91 Å². The van der Waals surface area contributed by atoms with E-state index >= 15 is 0 Å². The minimum atomic E-state index is -0.615. The number of carbonyl (C=O) groups is 2. The molecule has 28 heavy (non-hydrogen) atoms. The van der Waals surface area contributed by atoms with Crippen LogP contribution in [-0.4, -0.2) is 34.4 Å². The first-order valence-electron chi connectivity index (χ1n) is 9.00. The molecule has 2 heterocycles. The number of nitrogens with zero attached hydrogens (tertiary/aromatic N) is 2. The Bertz CT molecular complexity index is 1110. The molecule has 1 fully saturated rings. The van der Waals surface area contributed by atoms with Crippen LogP contribution in [0.3, 0.4) is 0 Å². The molecule has 1 aromatic heterocycles. The van der Waals surface area contributed by atoms with Gasteiger partial charge in [-0.15, -0.1) is 0 Å². The third-order valence-electron chi connectivity index (χ3n) is 4.75. The Labute approximate surface area is 165 Å². The van der Waals surface area contributed by atoms with Crippen LogP contribution in [0.5, 0.6) is 0 Å². The molecule has 0 bridgehead atoms. The lowest BCUT2D eigenvalue weighted by Crippen LogP contribution is -2.30. The predicted octanol–water partition coefficient (Wildman–Crippen LogP) is 3.12. The summed E-state index contributed by atoms with van der Waals surface area (Å²) in [4.78, 5) is 39.2. The highest BCUT2D eigenvalue weighted by molar-refractivity contribution is 6.31. The van der Waals surface area contributed by atoms with Crippen molar-refractivity contribution in [2.75, 3.05) is 18.4 Å². The fraction of sp³-hybridized carbons (Fsp3) is 0.250. The largest absolute Gasteiger partial charge is 0.420 e. The minimum absolute atomic E-state index is 0.143. The van der Waals surface area contributed by atoms with E-state index in [0.717, 1.165) is 12.8 Å². The normalized spacial score (nSPS) is 13.8. The Hall–Kier alpha value is -3.06. The quantitative estimate of drug-likeness (QED) is 0.730. The summed E-state index contributed by atoms with van der Waals surface area (Å²) in [5.41, 5.74) is 1.65. The number of nitrogens with one attached hydrogen (secondary N) is 1. The van der Waals surface area contributed by atoms with Gasteiger partial charge in [0.15, 0.2) is 5.58 Å². The number of anilines is 1. The van der Waals surface area contributed by atoms with Gasteiger partial charge in [0, 0.05) is 18.1 Å². The molecule has 0 atom stereocenters. The molecule has 3 aromatic rings. The van der Waals surface area contributed by atoms with E-state index in [4.69, 9.17) is 16.0 Å². The number of aromatic nitrogens is 1. The Balaban J connectivity index is 1.59. The van der Waals surface area contributed by atoms with Crippen LogP contribution in [-0.2, 0) is 11.3 Å². The molecule has 144 valence electrons. The number of halogens is 1. The van der Waals surface area contributed by atoms with Crippen molar-refractivity contribution in [3.8, 4) is 0 Å². The molecule has 0 saturated carbocycles. The molecular formula is C20H18ClN3O4. The molecule has 0 spiro atoms. The smallest absolute Gasteiger partial charge is 0.408 e. The van der Waals surface area contributed by atoms with E-state index in [-0.39, 0.29) is 12.5 Å². The van der Waals surface area contributed by atoms with Gasteiger partial charge in [0.2, 0.25) is 5.91 Å². The number of amides is 2. The molecular weight excluding hydrogens is 382 g/mol. The molecule has 1 aliphatic heterocycles. The Morgan fingerprint density at radius 3 is 2.64 bits per heavy atom. The summed E-state index contributed by atoms with van der Waals surface area (Å²) in [5, 5.41) is 3.12. The molecule has 1 aliphatic rings. The third kappa shape index (κ3) is 3.53. The standard InChI is InChI=1S/C20H18ClN3O4/c21-13-7-8-14(19(26)23-9-3-4-10-23)15(11-13)22-18(25)12-24-16-5-1-2-6-17(16)28-20(24)27/h1-2,5-8,11H,3-4,9-10,12H2,(H,22,25). The molecule has 0 radical (unpaired) electrons. The van der Waals surface area contributed by atoms with Crippen molar-refractivity contribution in [1.29, 1.82) is 0 Å². The Kier molecular flexibility index (Phi) is 4.92. The number of carbonyl (C=O) groups excluding carboxylic acids is 2. The lowest BCUT2D eigenvalue weighted by atomic mass is 10.1. The van der Waals surface area contributed by atoms with Crippen LogP contribution in [0, 0.1) is 0 Å². The van der Waals surface area contributed by atoms with Gasteiger partial charge < -0.3 is 14.6 Å². The van der Waals surface area contributed by atoms with Crippen molar-refractivity contribution in [1.82, 2.24) is 9.47 Å². The maximum absolute atomic E-state index is 12.8. The number of hydrogen-bond donors (Lipinski definition) is 1. The summed E-state index contributed by atoms with van der Waals surface area (Å²) in [5.74, 6) is -1.21. The highest BCUT2D eigenvalue weighted by atomic mass is 35.5. The van der Waals surface area contributed by atoms with Gasteiger partial charge in [-0.25, -0.2) is 4.79 Å². The van der Waals surface area contributed by atoms with E-state index in [9.17, 15) is 14.4 Å². The van der Waals surface area contributed by atoms with E-state index < -0.39 is 11.7 Å². The monoisotopic (exact) mass is 399 g/mol. The molecule has 8 heteroatoms. The first-order valence-corrected chi connectivity index (χ1v) is 9.38. The highest BCUT2D eigenvalue weighted by Gasteiger charge is 2.23. The zero-order valence-corrected chi connectivity index (χ0v) is 15.7. The third-order valence-corrected chi connectivity index (χ3v) is 4.99. The first-order chi connectivity index (χ1) is 13.5. The van der Waals surface area contributed by atoms with E-state index in [0.29, 0.717) is 40.5 Å². The number of hydrogen-bond acceptors (Lipinski definition) is 4. The number of benzene rings is 2. The van der Waals surface area contributed by atoms with E-state index in [1.807, 2.05) is 0 Å². The van der Waals surface area contributed by atoms with Crippen molar-refractivity contribution in [3.05, 3.63) is 63.6 Å².